The average Bonchev–Trinajstić information content (AvgIpc) is 2.97. The summed E-state index contributed by atoms with van der Waals surface area (Å²) in [6.07, 6.45) is 3.31. The minimum absolute atomic E-state index is 0. The summed E-state index contributed by atoms with van der Waals surface area (Å²) in [5.41, 5.74) is 4.36. The van der Waals surface area contributed by atoms with Gasteiger partial charge >= 0.3 is 29.6 Å². The van der Waals surface area contributed by atoms with Gasteiger partial charge in [0.25, 0.3) is 0 Å². The number of piperidine rings is 1. The summed E-state index contributed by atoms with van der Waals surface area (Å²) >= 11 is 0. The molecule has 2 aliphatic rings. The molecule has 0 unspecified atom stereocenters. The van der Waals surface area contributed by atoms with Crippen molar-refractivity contribution in [1.29, 1.82) is 0 Å². The molecule has 4 rings (SSSR count). The topological polar surface area (TPSA) is 61.2 Å². The van der Waals surface area contributed by atoms with Gasteiger partial charge in [0.05, 0.1) is 17.9 Å². The van der Waals surface area contributed by atoms with Crippen LogP contribution in [0.5, 0.6) is 0 Å². The van der Waals surface area contributed by atoms with E-state index in [1.807, 2.05) is 18.2 Å². The van der Waals surface area contributed by atoms with Crippen LogP contribution in [0.3, 0.4) is 0 Å². The number of carboxylic acids is 1. The van der Waals surface area contributed by atoms with Crippen molar-refractivity contribution in [2.75, 3.05) is 20.1 Å². The molecular formula is C19H20N3NaO2. The SMILES string of the molecule is [2H]C([2H])([2H])N1CCC(=C2c3ccccc3CCn3c(C(=O)[O-])cnc32)CC1.[Na+]. The van der Waals surface area contributed by atoms with Gasteiger partial charge in [0.2, 0.25) is 0 Å². The molecule has 0 N–H and O–H groups in total. The standard InChI is InChI=1S/C19H21N3O2.Na/c1-21-9-6-14(7-10-21)17-15-5-3-2-4-13(15)8-11-22-16(19(23)24)12-20-18(17)22;/h2-5,12H,6-11H2,1H3,(H,23,24);/q;+1/p-1/i1D3;. The first-order valence-electron chi connectivity index (χ1n) is 9.69. The van der Waals surface area contributed by atoms with E-state index in [9.17, 15) is 9.90 Å². The molecule has 2 aliphatic heterocycles. The molecule has 0 amide bonds. The normalized spacial score (nSPS) is 19.6. The molecule has 124 valence electrons. The second-order valence-corrected chi connectivity index (χ2v) is 6.28. The second kappa shape index (κ2) is 7.46. The van der Waals surface area contributed by atoms with E-state index < -0.39 is 12.9 Å². The van der Waals surface area contributed by atoms with Gasteiger partial charge in [-0.2, -0.15) is 0 Å². The Labute approximate surface area is 173 Å². The molecule has 1 saturated heterocycles. The number of carboxylic acid groups (broad SMARTS) is 1. The van der Waals surface area contributed by atoms with E-state index in [1.165, 1.54) is 11.1 Å². The number of aromatic carboxylic acids is 1. The number of hydrogen-bond donors (Lipinski definition) is 0. The zero-order chi connectivity index (χ0) is 19.2. The van der Waals surface area contributed by atoms with Crippen molar-refractivity contribution in [3.8, 4) is 0 Å². The van der Waals surface area contributed by atoms with Crippen molar-refractivity contribution >= 4 is 11.5 Å². The maximum atomic E-state index is 11.5. The molecule has 25 heavy (non-hydrogen) atoms. The van der Waals surface area contributed by atoms with Gasteiger partial charge in [0.1, 0.15) is 5.82 Å². The molecule has 0 atom stereocenters. The molecule has 1 aromatic carbocycles. The van der Waals surface area contributed by atoms with E-state index in [4.69, 9.17) is 4.11 Å². The van der Waals surface area contributed by atoms with Crippen molar-refractivity contribution in [2.45, 2.75) is 25.8 Å². The van der Waals surface area contributed by atoms with E-state index in [2.05, 4.69) is 11.1 Å². The summed E-state index contributed by atoms with van der Waals surface area (Å²) in [5.74, 6) is -0.599. The van der Waals surface area contributed by atoms with Crippen LogP contribution in [0.15, 0.2) is 36.0 Å². The van der Waals surface area contributed by atoms with Crippen LogP contribution >= 0.6 is 0 Å². The fourth-order valence-electron chi connectivity index (χ4n) is 3.67. The summed E-state index contributed by atoms with van der Waals surface area (Å²) in [6.45, 7) is -0.664. The molecule has 0 spiro atoms. The first-order chi connectivity index (χ1) is 12.9. The fourth-order valence-corrected chi connectivity index (χ4v) is 3.67. The summed E-state index contributed by atoms with van der Waals surface area (Å²) in [5, 5.41) is 11.5. The largest absolute Gasteiger partial charge is 1.00 e. The van der Waals surface area contributed by atoms with Gasteiger partial charge in [-0.05, 0) is 37.4 Å². The average molecular weight is 348 g/mol. The number of benzene rings is 1. The zero-order valence-electron chi connectivity index (χ0n) is 17.3. The van der Waals surface area contributed by atoms with E-state index in [0.29, 0.717) is 44.7 Å². The van der Waals surface area contributed by atoms with Crippen LogP contribution in [0.4, 0.5) is 0 Å². The number of rotatable bonds is 1. The summed E-state index contributed by atoms with van der Waals surface area (Å²) in [4.78, 5) is 17.4. The Balaban J connectivity index is 0.00000225. The first-order valence-corrected chi connectivity index (χ1v) is 8.19. The van der Waals surface area contributed by atoms with Gasteiger partial charge in [0.15, 0.2) is 0 Å². The van der Waals surface area contributed by atoms with E-state index in [1.54, 1.807) is 4.57 Å². The van der Waals surface area contributed by atoms with Gasteiger partial charge in [-0.1, -0.05) is 29.8 Å². The summed E-state index contributed by atoms with van der Waals surface area (Å²) < 4.78 is 24.5. The molecule has 6 heteroatoms. The third-order valence-corrected chi connectivity index (χ3v) is 4.90. The number of hydrogen-bond acceptors (Lipinski definition) is 4. The number of aryl methyl sites for hydroxylation is 1. The van der Waals surface area contributed by atoms with Crippen LogP contribution in [-0.4, -0.2) is 40.5 Å². The number of carbonyl (C=O) groups is 1. The number of fused-ring (bicyclic) bond motifs is 2. The number of likely N-dealkylation sites (tertiary alicyclic amines) is 1. The molecule has 3 heterocycles. The predicted octanol–water partition coefficient (Wildman–Crippen LogP) is -1.67. The van der Waals surface area contributed by atoms with Crippen LogP contribution < -0.4 is 34.7 Å². The van der Waals surface area contributed by atoms with Gasteiger partial charge in [0, 0.05) is 29.3 Å². The van der Waals surface area contributed by atoms with Crippen molar-refractivity contribution in [3.05, 3.63) is 58.7 Å². The second-order valence-electron chi connectivity index (χ2n) is 6.28. The van der Waals surface area contributed by atoms with Crippen LogP contribution in [0, 0.1) is 0 Å². The summed E-state index contributed by atoms with van der Waals surface area (Å²) in [7, 11) is 0. The fraction of sp³-hybridized carbons (Fsp3) is 0.368. The maximum absolute atomic E-state index is 11.5. The van der Waals surface area contributed by atoms with Gasteiger partial charge in [-0.15, -0.1) is 0 Å². The molecule has 1 aromatic heterocycles. The summed E-state index contributed by atoms with van der Waals surface area (Å²) in [6, 6.07) is 8.04. The van der Waals surface area contributed by atoms with Crippen molar-refractivity contribution in [1.82, 2.24) is 14.5 Å². The monoisotopic (exact) mass is 348 g/mol. The van der Waals surface area contributed by atoms with Crippen molar-refractivity contribution in [2.24, 2.45) is 0 Å². The van der Waals surface area contributed by atoms with Crippen LogP contribution in [0.25, 0.3) is 5.57 Å². The van der Waals surface area contributed by atoms with E-state index in [-0.39, 0.29) is 35.3 Å². The van der Waals surface area contributed by atoms with Crippen LogP contribution in [0.1, 0.15) is 44.4 Å². The number of imidazole rings is 1. The van der Waals surface area contributed by atoms with Gasteiger partial charge < -0.3 is 19.4 Å². The molecular weight excluding hydrogens is 325 g/mol. The Bertz CT molecular complexity index is 927. The molecule has 0 radical (unpaired) electrons. The number of nitrogens with zero attached hydrogens (tertiary/aromatic N) is 3. The van der Waals surface area contributed by atoms with Gasteiger partial charge in [-0.3, -0.25) is 0 Å². The minimum atomic E-state index is -2.09. The molecule has 5 nitrogen and oxygen atoms in total. The Morgan fingerprint density at radius 1 is 1.20 bits per heavy atom. The van der Waals surface area contributed by atoms with E-state index >= 15 is 0 Å². The smallest absolute Gasteiger partial charge is 0.543 e. The van der Waals surface area contributed by atoms with Crippen LogP contribution in [-0.2, 0) is 13.0 Å². The molecule has 1 fully saturated rings. The van der Waals surface area contributed by atoms with E-state index in [0.717, 1.165) is 22.3 Å². The Morgan fingerprint density at radius 2 is 1.96 bits per heavy atom. The molecule has 0 bridgehead atoms. The first kappa shape index (κ1) is 14.7. The minimum Gasteiger partial charge on any atom is -0.543 e. The van der Waals surface area contributed by atoms with Gasteiger partial charge in [-0.25, -0.2) is 4.98 Å². The molecule has 2 aromatic rings. The van der Waals surface area contributed by atoms with Crippen molar-refractivity contribution in [3.63, 3.8) is 0 Å². The maximum Gasteiger partial charge on any atom is 1.00 e. The Kier molecular flexibility index (Phi) is 4.40. The quantitative estimate of drug-likeness (QED) is 0.579. The Morgan fingerprint density at radius 3 is 2.68 bits per heavy atom. The molecule has 0 saturated carbocycles. The Hall–Kier alpha value is -1.40. The van der Waals surface area contributed by atoms with Crippen LogP contribution in [0.2, 0.25) is 0 Å². The number of aromatic nitrogens is 2. The number of carbonyl (C=O) groups excluding carboxylic acids is 1. The van der Waals surface area contributed by atoms with Crippen molar-refractivity contribution < 1.29 is 43.6 Å². The molecule has 0 aliphatic carbocycles. The predicted molar refractivity (Wildman–Crippen MR) is 89.5 cm³/mol. The third-order valence-electron chi connectivity index (χ3n) is 4.90. The zero-order valence-corrected chi connectivity index (χ0v) is 16.3. The third kappa shape index (κ3) is 3.34.